The number of rotatable bonds is 6. The zero-order valence-corrected chi connectivity index (χ0v) is 17.6. The lowest BCUT2D eigenvalue weighted by molar-refractivity contribution is -0.166. The van der Waals surface area contributed by atoms with Gasteiger partial charge in [-0.15, -0.1) is 0 Å². The summed E-state index contributed by atoms with van der Waals surface area (Å²) < 4.78 is 23.1. The normalized spacial score (nSPS) is 22.9. The van der Waals surface area contributed by atoms with Crippen molar-refractivity contribution in [2.75, 3.05) is 25.6 Å². The van der Waals surface area contributed by atoms with Crippen LogP contribution in [-0.4, -0.2) is 76.4 Å². The molecule has 2 aromatic heterocycles. The maximum atomic E-state index is 12.4. The summed E-state index contributed by atoms with van der Waals surface area (Å²) in [6.45, 7) is 3.36. The van der Waals surface area contributed by atoms with E-state index in [1.165, 1.54) is 31.7 Å². The first-order chi connectivity index (χ1) is 14.6. The Morgan fingerprint density at radius 1 is 1.13 bits per heavy atom. The Kier molecular flexibility index (Phi) is 6.24. The second kappa shape index (κ2) is 8.71. The van der Waals surface area contributed by atoms with Gasteiger partial charge in [0.1, 0.15) is 12.7 Å². The Hall–Kier alpha value is -3.48. The topological polar surface area (TPSA) is 155 Å². The van der Waals surface area contributed by atoms with Gasteiger partial charge in [-0.05, 0) is 0 Å². The summed E-state index contributed by atoms with van der Waals surface area (Å²) in [4.78, 5) is 59.8. The molecule has 2 aromatic rings. The molecule has 1 fully saturated rings. The van der Waals surface area contributed by atoms with Crippen LogP contribution in [0.1, 0.15) is 27.0 Å². The minimum Gasteiger partial charge on any atom is -0.463 e. The van der Waals surface area contributed by atoms with Crippen LogP contribution in [0.25, 0.3) is 11.2 Å². The molecule has 3 rings (SSSR count). The molecule has 1 saturated heterocycles. The Bertz CT molecular complexity index is 1060. The molecule has 0 spiro atoms. The highest BCUT2D eigenvalue weighted by molar-refractivity contribution is 5.71. The molecule has 0 aliphatic carbocycles. The lowest BCUT2D eigenvalue weighted by atomic mass is 10.1. The van der Waals surface area contributed by atoms with Gasteiger partial charge in [-0.1, -0.05) is 0 Å². The van der Waals surface area contributed by atoms with Crippen LogP contribution in [0.3, 0.4) is 0 Å². The standard InChI is InChI=1S/C18H23N5O8/c1-8(24)28-6-11-13(29-9(2)25)14(30-10(3)26)17(31-11)23-7-19-12-15(23)20-18(22(4)5)21-16(12)27/h7,11,13-14,17H,6H2,1-5H3,(H,20,21,27)/t11-,13-,14-,17-/m1/s1. The summed E-state index contributed by atoms with van der Waals surface area (Å²) >= 11 is 0. The van der Waals surface area contributed by atoms with Crippen molar-refractivity contribution in [1.29, 1.82) is 0 Å². The first-order valence-electron chi connectivity index (χ1n) is 9.36. The maximum absolute atomic E-state index is 12.4. The van der Waals surface area contributed by atoms with E-state index in [9.17, 15) is 19.2 Å². The number of anilines is 1. The van der Waals surface area contributed by atoms with E-state index in [2.05, 4.69) is 15.0 Å². The van der Waals surface area contributed by atoms with Gasteiger partial charge in [0.15, 0.2) is 29.6 Å². The number of nitrogens with zero attached hydrogens (tertiary/aromatic N) is 4. The van der Waals surface area contributed by atoms with Gasteiger partial charge in [-0.25, -0.2) is 4.98 Å². The van der Waals surface area contributed by atoms with Gasteiger partial charge in [0, 0.05) is 34.9 Å². The van der Waals surface area contributed by atoms with Crippen molar-refractivity contribution in [2.24, 2.45) is 0 Å². The van der Waals surface area contributed by atoms with Gasteiger partial charge in [0.25, 0.3) is 5.56 Å². The van der Waals surface area contributed by atoms with Crippen LogP contribution < -0.4 is 10.5 Å². The van der Waals surface area contributed by atoms with Crippen LogP contribution >= 0.6 is 0 Å². The highest BCUT2D eigenvalue weighted by atomic mass is 16.7. The largest absolute Gasteiger partial charge is 0.463 e. The van der Waals surface area contributed by atoms with E-state index in [1.807, 2.05) is 0 Å². The summed E-state index contributed by atoms with van der Waals surface area (Å²) in [5.41, 5.74) is -0.255. The van der Waals surface area contributed by atoms with Gasteiger partial charge in [-0.3, -0.25) is 28.7 Å². The molecule has 1 aliphatic rings. The lowest BCUT2D eigenvalue weighted by Crippen LogP contribution is -2.40. The zero-order valence-electron chi connectivity index (χ0n) is 17.6. The SMILES string of the molecule is CC(=O)OC[C@H]1O[C@@H](n2cnc3c(=O)[nH]c(N(C)C)nc32)[C@H](OC(C)=O)[C@@H]1OC(C)=O. The Morgan fingerprint density at radius 2 is 1.77 bits per heavy atom. The molecule has 0 amide bonds. The van der Waals surface area contributed by atoms with E-state index in [4.69, 9.17) is 18.9 Å². The van der Waals surface area contributed by atoms with E-state index in [0.717, 1.165) is 0 Å². The van der Waals surface area contributed by atoms with Crippen LogP contribution in [0, 0.1) is 0 Å². The molecule has 31 heavy (non-hydrogen) atoms. The molecule has 0 unspecified atom stereocenters. The number of carbonyl (C=O) groups excluding carboxylic acids is 3. The molecule has 1 N–H and O–H groups in total. The van der Waals surface area contributed by atoms with Crippen molar-refractivity contribution in [3.8, 4) is 0 Å². The minimum absolute atomic E-state index is 0.0447. The minimum atomic E-state index is -1.11. The highest BCUT2D eigenvalue weighted by Gasteiger charge is 2.51. The Morgan fingerprint density at radius 3 is 2.35 bits per heavy atom. The number of carbonyl (C=O) groups is 3. The first kappa shape index (κ1) is 22.2. The van der Waals surface area contributed by atoms with Crippen LogP contribution in [0.15, 0.2) is 11.1 Å². The second-order valence-electron chi connectivity index (χ2n) is 7.12. The number of hydrogen-bond donors (Lipinski definition) is 1. The van der Waals surface area contributed by atoms with Gasteiger partial charge in [-0.2, -0.15) is 4.98 Å². The third-order valence-corrected chi connectivity index (χ3v) is 4.46. The highest BCUT2D eigenvalue weighted by Crippen LogP contribution is 2.35. The van der Waals surface area contributed by atoms with E-state index in [0.29, 0.717) is 0 Å². The van der Waals surface area contributed by atoms with Gasteiger partial charge < -0.3 is 23.8 Å². The number of fused-ring (bicyclic) bond motifs is 1. The smallest absolute Gasteiger partial charge is 0.303 e. The van der Waals surface area contributed by atoms with Crippen molar-refractivity contribution >= 4 is 35.0 Å². The number of nitrogens with one attached hydrogen (secondary N) is 1. The van der Waals surface area contributed by atoms with Gasteiger partial charge in [0.05, 0.1) is 6.33 Å². The molecule has 13 heteroatoms. The number of aromatic nitrogens is 4. The molecule has 4 atom stereocenters. The summed E-state index contributed by atoms with van der Waals surface area (Å²) in [5.74, 6) is -1.57. The molecule has 0 saturated carbocycles. The second-order valence-corrected chi connectivity index (χ2v) is 7.12. The average Bonchev–Trinajstić information content (AvgIpc) is 3.21. The fourth-order valence-corrected chi connectivity index (χ4v) is 3.23. The van der Waals surface area contributed by atoms with Crippen LogP contribution in [0.5, 0.6) is 0 Å². The van der Waals surface area contributed by atoms with E-state index >= 15 is 0 Å². The van der Waals surface area contributed by atoms with Crippen LogP contribution in [0.2, 0.25) is 0 Å². The summed E-state index contributed by atoms with van der Waals surface area (Å²) in [6, 6.07) is 0. The molecular formula is C18H23N5O8. The number of aromatic amines is 1. The number of esters is 3. The van der Waals surface area contributed by atoms with E-state index in [1.54, 1.807) is 19.0 Å². The van der Waals surface area contributed by atoms with Gasteiger partial charge in [0.2, 0.25) is 5.95 Å². The lowest BCUT2D eigenvalue weighted by Gasteiger charge is -2.23. The molecule has 3 heterocycles. The molecular weight excluding hydrogens is 414 g/mol. The summed E-state index contributed by atoms with van der Waals surface area (Å²) in [5, 5.41) is 0. The van der Waals surface area contributed by atoms with Crippen molar-refractivity contribution in [1.82, 2.24) is 19.5 Å². The maximum Gasteiger partial charge on any atom is 0.303 e. The van der Waals surface area contributed by atoms with Crippen LogP contribution in [0.4, 0.5) is 5.95 Å². The average molecular weight is 437 g/mol. The molecule has 168 valence electrons. The number of H-pyrrole nitrogens is 1. The molecule has 0 bridgehead atoms. The van der Waals surface area contributed by atoms with Crippen molar-refractivity contribution in [2.45, 2.75) is 45.3 Å². The van der Waals surface area contributed by atoms with Crippen molar-refractivity contribution in [3.05, 3.63) is 16.7 Å². The van der Waals surface area contributed by atoms with Crippen molar-refractivity contribution < 1.29 is 33.3 Å². The summed E-state index contributed by atoms with van der Waals surface area (Å²) in [7, 11) is 3.40. The molecule has 0 aromatic carbocycles. The van der Waals surface area contributed by atoms with E-state index in [-0.39, 0.29) is 23.7 Å². The monoisotopic (exact) mass is 437 g/mol. The summed E-state index contributed by atoms with van der Waals surface area (Å²) in [6.07, 6.45) is -2.85. The van der Waals surface area contributed by atoms with Crippen molar-refractivity contribution in [3.63, 3.8) is 0 Å². The van der Waals surface area contributed by atoms with E-state index < -0.39 is 48.0 Å². The molecule has 1 aliphatic heterocycles. The predicted molar refractivity (Wildman–Crippen MR) is 104 cm³/mol. The third kappa shape index (κ3) is 4.66. The quantitative estimate of drug-likeness (QED) is 0.460. The fraction of sp³-hybridized carbons (Fsp3) is 0.556. The predicted octanol–water partition coefficient (Wildman–Crippen LogP) is -0.490. The first-order valence-corrected chi connectivity index (χ1v) is 9.36. The Balaban J connectivity index is 2.08. The third-order valence-electron chi connectivity index (χ3n) is 4.46. The number of hydrogen-bond acceptors (Lipinski definition) is 11. The number of ether oxygens (including phenoxy) is 4. The molecule has 13 nitrogen and oxygen atoms in total. The zero-order chi connectivity index (χ0) is 22.9. The fourth-order valence-electron chi connectivity index (χ4n) is 3.23. The van der Waals surface area contributed by atoms with Gasteiger partial charge >= 0.3 is 17.9 Å². The van der Waals surface area contributed by atoms with Crippen LogP contribution in [-0.2, 0) is 33.3 Å². The number of imidazole rings is 1. The Labute approximate surface area is 176 Å². The molecule has 0 radical (unpaired) electrons.